The summed E-state index contributed by atoms with van der Waals surface area (Å²) >= 11 is 0. The minimum Gasteiger partial charge on any atom is -0.355 e. The molecule has 1 unspecified atom stereocenters. The molecule has 0 aliphatic heterocycles. The first-order valence-corrected chi connectivity index (χ1v) is 6.75. The van der Waals surface area contributed by atoms with Crippen molar-refractivity contribution in [2.75, 3.05) is 13.1 Å². The van der Waals surface area contributed by atoms with Crippen molar-refractivity contribution in [2.45, 2.75) is 58.4 Å². The molecule has 1 rings (SSSR count). The van der Waals surface area contributed by atoms with Gasteiger partial charge >= 0.3 is 0 Å². The summed E-state index contributed by atoms with van der Waals surface area (Å²) in [5.41, 5.74) is 0. The first-order valence-electron chi connectivity index (χ1n) is 6.75. The maximum absolute atomic E-state index is 11.6. The summed E-state index contributed by atoms with van der Waals surface area (Å²) in [4.78, 5) is 11.6. The van der Waals surface area contributed by atoms with Crippen LogP contribution in [0.25, 0.3) is 0 Å². The van der Waals surface area contributed by atoms with E-state index in [4.69, 9.17) is 0 Å². The molecule has 0 saturated heterocycles. The van der Waals surface area contributed by atoms with Crippen molar-refractivity contribution in [1.82, 2.24) is 10.6 Å². The number of carbonyl (C=O) groups excluding carboxylic acids is 1. The van der Waals surface area contributed by atoms with E-state index < -0.39 is 0 Å². The summed E-state index contributed by atoms with van der Waals surface area (Å²) in [6.07, 6.45) is 7.59. The molecule has 1 aliphatic rings. The molecule has 94 valence electrons. The lowest BCUT2D eigenvalue weighted by Crippen LogP contribution is -2.43. The predicted molar refractivity (Wildman–Crippen MR) is 67.3 cm³/mol. The highest BCUT2D eigenvalue weighted by Gasteiger charge is 2.17. The second-order valence-electron chi connectivity index (χ2n) is 4.92. The fourth-order valence-electron chi connectivity index (χ4n) is 2.19. The quantitative estimate of drug-likeness (QED) is 0.653. The SMILES string of the molecule is CCCCNC(=O)C(C)NCC1CCCC1. The third kappa shape index (κ3) is 4.97. The summed E-state index contributed by atoms with van der Waals surface area (Å²) in [6, 6.07) is -0.0440. The molecule has 0 aromatic carbocycles. The zero-order chi connectivity index (χ0) is 11.8. The van der Waals surface area contributed by atoms with Crippen molar-refractivity contribution in [3.05, 3.63) is 0 Å². The second kappa shape index (κ2) is 7.66. The summed E-state index contributed by atoms with van der Waals surface area (Å²) in [5.74, 6) is 0.942. The lowest BCUT2D eigenvalue weighted by atomic mass is 10.1. The van der Waals surface area contributed by atoms with E-state index in [1.165, 1.54) is 25.7 Å². The van der Waals surface area contributed by atoms with Crippen molar-refractivity contribution in [1.29, 1.82) is 0 Å². The van der Waals surface area contributed by atoms with Crippen LogP contribution in [0.15, 0.2) is 0 Å². The van der Waals surface area contributed by atoms with Crippen molar-refractivity contribution >= 4 is 5.91 Å². The van der Waals surface area contributed by atoms with Crippen LogP contribution >= 0.6 is 0 Å². The number of amides is 1. The molecule has 16 heavy (non-hydrogen) atoms. The average molecular weight is 226 g/mol. The molecule has 1 saturated carbocycles. The van der Waals surface area contributed by atoms with Crippen LogP contribution in [0.4, 0.5) is 0 Å². The van der Waals surface area contributed by atoms with Crippen molar-refractivity contribution in [2.24, 2.45) is 5.92 Å². The van der Waals surface area contributed by atoms with Gasteiger partial charge in [-0.25, -0.2) is 0 Å². The van der Waals surface area contributed by atoms with Gasteiger partial charge in [0.15, 0.2) is 0 Å². The number of hydrogen-bond donors (Lipinski definition) is 2. The van der Waals surface area contributed by atoms with Gasteiger partial charge in [0.1, 0.15) is 0 Å². The summed E-state index contributed by atoms with van der Waals surface area (Å²) < 4.78 is 0. The molecule has 2 N–H and O–H groups in total. The van der Waals surface area contributed by atoms with Crippen LogP contribution in [0, 0.1) is 5.92 Å². The Balaban J connectivity index is 2.07. The maximum atomic E-state index is 11.6. The maximum Gasteiger partial charge on any atom is 0.236 e. The summed E-state index contributed by atoms with van der Waals surface area (Å²) in [7, 11) is 0. The minimum absolute atomic E-state index is 0.0440. The highest BCUT2D eigenvalue weighted by atomic mass is 16.2. The van der Waals surface area contributed by atoms with E-state index >= 15 is 0 Å². The molecule has 1 aliphatic carbocycles. The summed E-state index contributed by atoms with van der Waals surface area (Å²) in [5, 5.41) is 6.30. The molecule has 3 heteroatoms. The molecule has 0 aromatic rings. The van der Waals surface area contributed by atoms with Gasteiger partial charge in [0, 0.05) is 6.54 Å². The van der Waals surface area contributed by atoms with Crippen molar-refractivity contribution < 1.29 is 4.79 Å². The number of rotatable bonds is 7. The smallest absolute Gasteiger partial charge is 0.236 e. The molecule has 3 nitrogen and oxygen atoms in total. The third-order valence-electron chi connectivity index (χ3n) is 3.41. The van der Waals surface area contributed by atoms with Crippen LogP contribution < -0.4 is 10.6 Å². The molecule has 0 heterocycles. The number of nitrogens with one attached hydrogen (secondary N) is 2. The van der Waals surface area contributed by atoms with Gasteiger partial charge in [0.25, 0.3) is 0 Å². The van der Waals surface area contributed by atoms with Gasteiger partial charge in [0.05, 0.1) is 6.04 Å². The Hall–Kier alpha value is -0.570. The number of hydrogen-bond acceptors (Lipinski definition) is 2. The van der Waals surface area contributed by atoms with Gasteiger partial charge in [-0.1, -0.05) is 26.2 Å². The van der Waals surface area contributed by atoms with Crippen molar-refractivity contribution in [3.63, 3.8) is 0 Å². The molecule has 0 bridgehead atoms. The standard InChI is InChI=1S/C13H26N2O/c1-3-4-9-14-13(16)11(2)15-10-12-7-5-6-8-12/h11-12,15H,3-10H2,1-2H3,(H,14,16). The Bertz CT molecular complexity index is 200. The largest absolute Gasteiger partial charge is 0.355 e. The summed E-state index contributed by atoms with van der Waals surface area (Å²) in [6.45, 7) is 5.90. The molecular weight excluding hydrogens is 200 g/mol. The van der Waals surface area contributed by atoms with E-state index in [1.54, 1.807) is 0 Å². The molecule has 1 atom stereocenters. The van der Waals surface area contributed by atoms with Gasteiger partial charge in [-0.15, -0.1) is 0 Å². The highest BCUT2D eigenvalue weighted by Crippen LogP contribution is 2.23. The predicted octanol–water partition coefficient (Wildman–Crippen LogP) is 2.07. The van der Waals surface area contributed by atoms with E-state index in [9.17, 15) is 4.79 Å². The Morgan fingerprint density at radius 2 is 2.06 bits per heavy atom. The van der Waals surface area contributed by atoms with E-state index in [-0.39, 0.29) is 11.9 Å². The fraction of sp³-hybridized carbons (Fsp3) is 0.923. The van der Waals surface area contributed by atoms with Crippen LogP contribution in [0.3, 0.4) is 0 Å². The first kappa shape index (κ1) is 13.5. The second-order valence-corrected chi connectivity index (χ2v) is 4.92. The lowest BCUT2D eigenvalue weighted by Gasteiger charge is -2.16. The molecule has 0 radical (unpaired) electrons. The normalized spacial score (nSPS) is 18.6. The zero-order valence-corrected chi connectivity index (χ0v) is 10.7. The van der Waals surface area contributed by atoms with Crippen LogP contribution in [0.1, 0.15) is 52.4 Å². The van der Waals surface area contributed by atoms with Crippen LogP contribution in [0.5, 0.6) is 0 Å². The molecule has 1 fully saturated rings. The van der Waals surface area contributed by atoms with Gasteiger partial charge in [-0.2, -0.15) is 0 Å². The molecule has 1 amide bonds. The Labute approximate surface area is 99.4 Å². The first-order chi connectivity index (χ1) is 7.74. The number of unbranched alkanes of at least 4 members (excludes halogenated alkanes) is 1. The average Bonchev–Trinajstić information content (AvgIpc) is 2.79. The van der Waals surface area contributed by atoms with Gasteiger partial charge < -0.3 is 10.6 Å². The van der Waals surface area contributed by atoms with Crippen LogP contribution in [0.2, 0.25) is 0 Å². The third-order valence-corrected chi connectivity index (χ3v) is 3.41. The topological polar surface area (TPSA) is 41.1 Å². The number of carbonyl (C=O) groups is 1. The van der Waals surface area contributed by atoms with Crippen LogP contribution in [-0.4, -0.2) is 25.0 Å². The minimum atomic E-state index is -0.0440. The van der Waals surface area contributed by atoms with Gasteiger partial charge in [-0.3, -0.25) is 4.79 Å². The lowest BCUT2D eigenvalue weighted by molar-refractivity contribution is -0.122. The van der Waals surface area contributed by atoms with Gasteiger partial charge in [0.2, 0.25) is 5.91 Å². The van der Waals surface area contributed by atoms with E-state index in [0.29, 0.717) is 0 Å². The van der Waals surface area contributed by atoms with E-state index in [0.717, 1.165) is 31.8 Å². The monoisotopic (exact) mass is 226 g/mol. The highest BCUT2D eigenvalue weighted by molar-refractivity contribution is 5.81. The van der Waals surface area contributed by atoms with Crippen LogP contribution in [-0.2, 0) is 4.79 Å². The Morgan fingerprint density at radius 1 is 1.38 bits per heavy atom. The van der Waals surface area contributed by atoms with Gasteiger partial charge in [-0.05, 0) is 38.6 Å². The fourth-order valence-corrected chi connectivity index (χ4v) is 2.19. The van der Waals surface area contributed by atoms with E-state index in [1.807, 2.05) is 6.92 Å². The van der Waals surface area contributed by atoms with E-state index in [2.05, 4.69) is 17.6 Å². The zero-order valence-electron chi connectivity index (χ0n) is 10.7. The Morgan fingerprint density at radius 3 is 2.69 bits per heavy atom. The molecular formula is C13H26N2O. The molecule has 0 aromatic heterocycles. The molecule has 0 spiro atoms. The van der Waals surface area contributed by atoms with Crippen molar-refractivity contribution in [3.8, 4) is 0 Å². The Kier molecular flexibility index (Phi) is 6.46.